The number of anilines is 1. The van der Waals surface area contributed by atoms with Gasteiger partial charge < -0.3 is 5.73 Å². The summed E-state index contributed by atoms with van der Waals surface area (Å²) in [5.41, 5.74) is 12.2. The van der Waals surface area contributed by atoms with Gasteiger partial charge in [0.25, 0.3) is 0 Å². The fourth-order valence-corrected chi connectivity index (χ4v) is 2.98. The monoisotopic (exact) mass is 335 g/mol. The van der Waals surface area contributed by atoms with Crippen molar-refractivity contribution in [2.75, 3.05) is 5.01 Å². The maximum atomic E-state index is 13.1. The Morgan fingerprint density at radius 2 is 1.88 bits per heavy atom. The van der Waals surface area contributed by atoms with E-state index in [9.17, 15) is 4.39 Å². The van der Waals surface area contributed by atoms with E-state index in [0.29, 0.717) is 12.2 Å². The number of nitrogens with two attached hydrogens (primary N) is 1. The van der Waals surface area contributed by atoms with Crippen LogP contribution in [0.4, 0.5) is 10.2 Å². The number of fused-ring (bicyclic) bond motifs is 1. The van der Waals surface area contributed by atoms with Crippen LogP contribution in [-0.2, 0) is 6.42 Å². The smallest absolute Gasteiger partial charge is 0.160 e. The Bertz CT molecular complexity index is 952. The molecule has 2 aromatic carbocycles. The van der Waals surface area contributed by atoms with Crippen LogP contribution < -0.4 is 16.2 Å². The summed E-state index contributed by atoms with van der Waals surface area (Å²) in [7, 11) is 0. The van der Waals surface area contributed by atoms with Crippen LogP contribution in [0.15, 0.2) is 60.3 Å². The highest BCUT2D eigenvalue weighted by Crippen LogP contribution is 2.26. The second-order valence-corrected chi connectivity index (χ2v) is 6.11. The van der Waals surface area contributed by atoms with Crippen molar-refractivity contribution in [3.63, 3.8) is 0 Å². The zero-order valence-corrected chi connectivity index (χ0v) is 13.8. The molecule has 0 spiro atoms. The van der Waals surface area contributed by atoms with Gasteiger partial charge in [0, 0.05) is 17.5 Å². The quantitative estimate of drug-likeness (QED) is 0.770. The number of hydrogen-bond acceptors (Lipinski definition) is 5. The maximum absolute atomic E-state index is 13.1. The van der Waals surface area contributed by atoms with Crippen LogP contribution in [0, 0.1) is 5.82 Å². The number of benzene rings is 2. The van der Waals surface area contributed by atoms with Gasteiger partial charge in [0.1, 0.15) is 17.8 Å². The summed E-state index contributed by atoms with van der Waals surface area (Å²) in [6.07, 6.45) is 2.17. The third-order valence-electron chi connectivity index (χ3n) is 4.15. The van der Waals surface area contributed by atoms with Gasteiger partial charge in [-0.15, -0.1) is 0 Å². The molecule has 5 nitrogen and oxygen atoms in total. The van der Waals surface area contributed by atoms with Gasteiger partial charge in [-0.25, -0.2) is 19.4 Å². The minimum Gasteiger partial charge on any atom is -0.306 e. The molecule has 25 heavy (non-hydrogen) atoms. The van der Waals surface area contributed by atoms with E-state index < -0.39 is 0 Å². The van der Waals surface area contributed by atoms with Crippen LogP contribution in [0.2, 0.25) is 0 Å². The normalized spacial score (nSPS) is 16.8. The molecule has 0 aliphatic carbocycles. The number of halogens is 1. The lowest BCUT2D eigenvalue weighted by molar-refractivity contribution is 0.627. The molecule has 3 aromatic rings. The number of hydrogen-bond donors (Lipinski definition) is 2. The highest BCUT2D eigenvalue weighted by atomic mass is 19.1. The first-order valence-electron chi connectivity index (χ1n) is 8.10. The molecule has 0 fully saturated rings. The van der Waals surface area contributed by atoms with Crippen LogP contribution in [0.1, 0.15) is 18.3 Å². The van der Waals surface area contributed by atoms with Crippen molar-refractivity contribution in [1.29, 1.82) is 0 Å². The van der Waals surface area contributed by atoms with Gasteiger partial charge in [0.05, 0.1) is 5.52 Å². The Morgan fingerprint density at radius 1 is 1.12 bits per heavy atom. The fraction of sp³-hybridized carbons (Fsp3) is 0.158. The summed E-state index contributed by atoms with van der Waals surface area (Å²) in [4.78, 5) is 9.38. The van der Waals surface area contributed by atoms with Gasteiger partial charge >= 0.3 is 0 Å². The first-order valence-corrected chi connectivity index (χ1v) is 8.10. The molecule has 4 rings (SSSR count). The Kier molecular flexibility index (Phi) is 3.82. The third-order valence-corrected chi connectivity index (χ3v) is 4.15. The zero-order valence-electron chi connectivity index (χ0n) is 13.8. The lowest BCUT2D eigenvalue weighted by Gasteiger charge is -2.24. The predicted octanol–water partition coefficient (Wildman–Crippen LogP) is 2.87. The zero-order chi connectivity index (χ0) is 17.4. The van der Waals surface area contributed by atoms with Gasteiger partial charge in [0.2, 0.25) is 0 Å². The van der Waals surface area contributed by atoms with E-state index in [1.807, 2.05) is 42.3 Å². The number of nitrogens with zero attached hydrogens (tertiary/aromatic N) is 3. The first-order chi connectivity index (χ1) is 12.1. The van der Waals surface area contributed by atoms with Gasteiger partial charge in [0.15, 0.2) is 5.82 Å². The first kappa shape index (κ1) is 15.5. The Labute approximate surface area is 145 Å². The van der Waals surface area contributed by atoms with Crippen LogP contribution in [0.25, 0.3) is 10.9 Å². The molecule has 0 saturated heterocycles. The average Bonchev–Trinajstić information content (AvgIpc) is 2.94. The fourth-order valence-electron chi connectivity index (χ4n) is 2.98. The molecule has 3 N–H and O–H groups in total. The molecule has 0 bridgehead atoms. The van der Waals surface area contributed by atoms with Crippen molar-refractivity contribution in [2.45, 2.75) is 19.5 Å². The molecule has 1 unspecified atom stereocenters. The highest BCUT2D eigenvalue weighted by Gasteiger charge is 2.23. The highest BCUT2D eigenvalue weighted by molar-refractivity contribution is 5.89. The van der Waals surface area contributed by atoms with Crippen LogP contribution >= 0.6 is 0 Å². The Balaban J connectivity index is 1.77. The summed E-state index contributed by atoms with van der Waals surface area (Å²) < 4.78 is 13.1. The number of allylic oxidation sites excluding steroid dienone is 1. The number of aromatic nitrogens is 2. The minimum atomic E-state index is -0.294. The Hall–Kier alpha value is -2.99. The van der Waals surface area contributed by atoms with Crippen molar-refractivity contribution >= 4 is 16.7 Å². The Morgan fingerprint density at radius 3 is 2.60 bits per heavy atom. The van der Waals surface area contributed by atoms with E-state index in [1.54, 1.807) is 12.1 Å². The molecule has 1 aliphatic rings. The standard InChI is InChI=1S/C19H18FN5/c1-12-10-17(21)25(24-12)19-15-4-2-3-5-16(15)22-18(23-19)11-13-6-8-14(20)9-7-13/h2-10,17,24H,11,21H2,1H3. The molecule has 1 atom stereocenters. The molecule has 126 valence electrons. The van der Waals surface area contributed by atoms with Crippen molar-refractivity contribution in [3.05, 3.63) is 77.5 Å². The van der Waals surface area contributed by atoms with Crippen LogP contribution in [0.5, 0.6) is 0 Å². The van der Waals surface area contributed by atoms with Crippen molar-refractivity contribution < 1.29 is 4.39 Å². The number of nitrogens with one attached hydrogen (secondary N) is 1. The molecular formula is C19H18FN5. The lowest BCUT2D eigenvalue weighted by Crippen LogP contribution is -2.44. The number of hydrazine groups is 1. The van der Waals surface area contributed by atoms with Crippen molar-refractivity contribution in [2.24, 2.45) is 5.73 Å². The van der Waals surface area contributed by atoms with Crippen molar-refractivity contribution in [1.82, 2.24) is 15.4 Å². The van der Waals surface area contributed by atoms with Crippen LogP contribution in [-0.4, -0.2) is 16.1 Å². The molecule has 0 saturated carbocycles. The largest absolute Gasteiger partial charge is 0.306 e. The summed E-state index contributed by atoms with van der Waals surface area (Å²) in [5, 5.41) is 2.77. The average molecular weight is 335 g/mol. The van der Waals surface area contributed by atoms with Gasteiger partial charge in [-0.05, 0) is 42.8 Å². The molecule has 0 radical (unpaired) electrons. The summed E-state index contributed by atoms with van der Waals surface area (Å²) in [6, 6.07) is 14.2. The maximum Gasteiger partial charge on any atom is 0.160 e. The molecule has 1 aliphatic heterocycles. The summed E-state index contributed by atoms with van der Waals surface area (Å²) in [5.74, 6) is 1.15. The molecule has 6 heteroatoms. The van der Waals surface area contributed by atoms with Crippen LogP contribution in [0.3, 0.4) is 0 Å². The van der Waals surface area contributed by atoms with E-state index >= 15 is 0 Å². The number of rotatable bonds is 3. The second-order valence-electron chi connectivity index (χ2n) is 6.11. The van der Waals surface area contributed by atoms with E-state index in [-0.39, 0.29) is 12.0 Å². The molecule has 2 heterocycles. The molecule has 1 aromatic heterocycles. The topological polar surface area (TPSA) is 67.1 Å². The van der Waals surface area contributed by atoms with Gasteiger partial charge in [-0.1, -0.05) is 24.3 Å². The van der Waals surface area contributed by atoms with Crippen molar-refractivity contribution in [3.8, 4) is 0 Å². The molecule has 0 amide bonds. The number of para-hydroxylation sites is 1. The van der Waals surface area contributed by atoms with E-state index in [1.165, 1.54) is 12.1 Å². The third kappa shape index (κ3) is 3.04. The predicted molar refractivity (Wildman–Crippen MR) is 96.1 cm³/mol. The van der Waals surface area contributed by atoms with Gasteiger partial charge in [-0.2, -0.15) is 0 Å². The van der Waals surface area contributed by atoms with Gasteiger partial charge in [-0.3, -0.25) is 5.43 Å². The van der Waals surface area contributed by atoms with E-state index in [0.717, 1.165) is 28.0 Å². The lowest BCUT2D eigenvalue weighted by atomic mass is 10.1. The minimum absolute atomic E-state index is 0.252. The second kappa shape index (κ2) is 6.14. The summed E-state index contributed by atoms with van der Waals surface area (Å²) >= 11 is 0. The van der Waals surface area contributed by atoms with E-state index in [4.69, 9.17) is 10.7 Å². The molecular weight excluding hydrogens is 317 g/mol. The SMILES string of the molecule is CC1=CC(N)N(c2nc(Cc3ccc(F)cc3)nc3ccccc23)N1. The summed E-state index contributed by atoms with van der Waals surface area (Å²) in [6.45, 7) is 1.96. The van der Waals surface area contributed by atoms with E-state index in [2.05, 4.69) is 10.4 Å².